The summed E-state index contributed by atoms with van der Waals surface area (Å²) < 4.78 is 5.90. The average Bonchev–Trinajstić information content (AvgIpc) is 3.03. The van der Waals surface area contributed by atoms with Gasteiger partial charge in [0.05, 0.1) is 11.7 Å². The molecule has 2 N–H and O–H groups in total. The quantitative estimate of drug-likeness (QED) is 0.689. The molecule has 1 saturated heterocycles. The number of ether oxygens (including phenoxy) is 1. The first-order valence-corrected chi connectivity index (χ1v) is 6.95. The third-order valence-electron chi connectivity index (χ3n) is 6.40. The summed E-state index contributed by atoms with van der Waals surface area (Å²) in [6, 6.07) is 0.464. The SMILES string of the molecule is CC(C)[C@H]1CC[C@H](N)[C@]23CC4O[C@]4(C)C2C13. The predicted octanol–water partition coefficient (Wildman–Crippen LogP) is 2.17. The van der Waals surface area contributed by atoms with Gasteiger partial charge in [-0.2, -0.15) is 0 Å². The molecule has 0 bridgehead atoms. The summed E-state index contributed by atoms with van der Waals surface area (Å²) in [6.45, 7) is 7.10. The van der Waals surface area contributed by atoms with E-state index in [-0.39, 0.29) is 5.60 Å². The lowest BCUT2D eigenvalue weighted by molar-refractivity contribution is 0.156. The zero-order valence-electron chi connectivity index (χ0n) is 10.6. The van der Waals surface area contributed by atoms with E-state index in [2.05, 4.69) is 20.8 Å². The van der Waals surface area contributed by atoms with E-state index in [4.69, 9.17) is 10.5 Å². The molecular weight excluding hydrogens is 198 g/mol. The molecule has 1 spiro atoms. The molecule has 1 aliphatic heterocycles. The molecule has 3 saturated carbocycles. The third kappa shape index (κ3) is 0.830. The summed E-state index contributed by atoms with van der Waals surface area (Å²) in [7, 11) is 0. The van der Waals surface area contributed by atoms with Gasteiger partial charge in [0.2, 0.25) is 0 Å². The van der Waals surface area contributed by atoms with E-state index in [1.54, 1.807) is 0 Å². The number of epoxide rings is 1. The summed E-state index contributed by atoms with van der Waals surface area (Å²) >= 11 is 0. The fourth-order valence-electron chi connectivity index (χ4n) is 5.60. The minimum atomic E-state index is 0.236. The monoisotopic (exact) mass is 221 g/mol. The lowest BCUT2D eigenvalue weighted by Gasteiger charge is -2.35. The first-order chi connectivity index (χ1) is 7.52. The van der Waals surface area contributed by atoms with Gasteiger partial charge < -0.3 is 10.5 Å². The van der Waals surface area contributed by atoms with Gasteiger partial charge in [0.15, 0.2) is 0 Å². The van der Waals surface area contributed by atoms with Crippen LogP contribution in [-0.2, 0) is 4.74 Å². The predicted molar refractivity (Wildman–Crippen MR) is 62.8 cm³/mol. The van der Waals surface area contributed by atoms with Crippen LogP contribution in [0.2, 0.25) is 0 Å². The second-order valence-electron chi connectivity index (χ2n) is 7.20. The largest absolute Gasteiger partial charge is 0.366 e. The van der Waals surface area contributed by atoms with Crippen molar-refractivity contribution in [1.82, 2.24) is 0 Å². The zero-order valence-corrected chi connectivity index (χ0v) is 10.6. The maximum Gasteiger partial charge on any atom is 0.0957 e. The smallest absolute Gasteiger partial charge is 0.0957 e. The van der Waals surface area contributed by atoms with Crippen LogP contribution in [0, 0.1) is 29.1 Å². The highest BCUT2D eigenvalue weighted by molar-refractivity contribution is 5.35. The minimum Gasteiger partial charge on any atom is -0.366 e. The highest BCUT2D eigenvalue weighted by atomic mass is 16.6. The molecule has 4 rings (SSSR count). The minimum absolute atomic E-state index is 0.236. The van der Waals surface area contributed by atoms with Gasteiger partial charge in [-0.15, -0.1) is 0 Å². The first-order valence-electron chi connectivity index (χ1n) is 6.95. The van der Waals surface area contributed by atoms with Crippen molar-refractivity contribution >= 4 is 0 Å². The van der Waals surface area contributed by atoms with Gasteiger partial charge >= 0.3 is 0 Å². The van der Waals surface area contributed by atoms with Crippen LogP contribution in [0.15, 0.2) is 0 Å². The van der Waals surface area contributed by atoms with Gasteiger partial charge in [0.25, 0.3) is 0 Å². The molecule has 90 valence electrons. The maximum absolute atomic E-state index is 6.44. The fourth-order valence-corrected chi connectivity index (χ4v) is 5.60. The molecule has 0 aromatic rings. The second-order valence-corrected chi connectivity index (χ2v) is 7.20. The van der Waals surface area contributed by atoms with E-state index in [1.807, 2.05) is 0 Å². The van der Waals surface area contributed by atoms with Crippen molar-refractivity contribution in [3.63, 3.8) is 0 Å². The molecule has 2 heteroatoms. The zero-order chi connectivity index (χ0) is 11.3. The lowest BCUT2D eigenvalue weighted by Crippen LogP contribution is -2.39. The Morgan fingerprint density at radius 2 is 2.06 bits per heavy atom. The van der Waals surface area contributed by atoms with Gasteiger partial charge in [-0.1, -0.05) is 13.8 Å². The first kappa shape index (κ1) is 9.90. The number of fused-ring (bicyclic) bond motifs is 3. The molecule has 4 aliphatic rings. The van der Waals surface area contributed by atoms with E-state index in [1.165, 1.54) is 19.3 Å². The highest BCUT2D eigenvalue weighted by Gasteiger charge is 2.87. The van der Waals surface area contributed by atoms with Crippen LogP contribution >= 0.6 is 0 Å². The third-order valence-corrected chi connectivity index (χ3v) is 6.40. The summed E-state index contributed by atoms with van der Waals surface area (Å²) in [5, 5.41) is 0. The van der Waals surface area contributed by atoms with E-state index in [9.17, 15) is 0 Å². The molecule has 7 atom stereocenters. The molecule has 16 heavy (non-hydrogen) atoms. The molecule has 2 nitrogen and oxygen atoms in total. The Kier molecular flexibility index (Phi) is 1.55. The van der Waals surface area contributed by atoms with E-state index >= 15 is 0 Å². The van der Waals surface area contributed by atoms with Gasteiger partial charge in [-0.3, -0.25) is 0 Å². The van der Waals surface area contributed by atoms with Crippen LogP contribution in [0.4, 0.5) is 0 Å². The Hall–Kier alpha value is -0.0800. The number of hydrogen-bond acceptors (Lipinski definition) is 2. The van der Waals surface area contributed by atoms with Crippen molar-refractivity contribution in [3.8, 4) is 0 Å². The van der Waals surface area contributed by atoms with Crippen molar-refractivity contribution in [2.75, 3.05) is 0 Å². The van der Waals surface area contributed by atoms with E-state index in [0.717, 1.165) is 23.7 Å². The number of nitrogens with two attached hydrogens (primary N) is 1. The van der Waals surface area contributed by atoms with E-state index < -0.39 is 0 Å². The Balaban J connectivity index is 1.70. The van der Waals surface area contributed by atoms with Crippen LogP contribution in [-0.4, -0.2) is 17.7 Å². The van der Waals surface area contributed by atoms with Crippen molar-refractivity contribution in [1.29, 1.82) is 0 Å². The molecule has 4 fully saturated rings. The van der Waals surface area contributed by atoms with Gasteiger partial charge in [0, 0.05) is 12.0 Å². The van der Waals surface area contributed by atoms with Crippen LogP contribution < -0.4 is 5.73 Å². The molecule has 0 aromatic carbocycles. The molecular formula is C14H23NO. The normalized spacial score (nSPS) is 66.2. The van der Waals surface area contributed by atoms with Crippen LogP contribution in [0.1, 0.15) is 40.0 Å². The Morgan fingerprint density at radius 1 is 1.31 bits per heavy atom. The second kappa shape index (κ2) is 2.51. The van der Waals surface area contributed by atoms with Crippen LogP contribution in [0.25, 0.3) is 0 Å². The Morgan fingerprint density at radius 3 is 2.75 bits per heavy atom. The standard InChI is InChI=1S/C14H23NO/c1-7(2)8-4-5-9(15)14-6-10-13(3,16-10)12(14)11(8)14/h7-12H,4-6,15H2,1-3H3/t8-,9+,10?,11?,12?,13+,14+/m1/s1. The van der Waals surface area contributed by atoms with Crippen molar-refractivity contribution < 1.29 is 4.74 Å². The lowest BCUT2D eigenvalue weighted by atomic mass is 9.72. The molecule has 0 amide bonds. The van der Waals surface area contributed by atoms with E-state index in [0.29, 0.717) is 17.6 Å². The Bertz CT molecular complexity index is 355. The average molecular weight is 221 g/mol. The number of hydrogen-bond donors (Lipinski definition) is 1. The molecule has 3 unspecified atom stereocenters. The van der Waals surface area contributed by atoms with Crippen LogP contribution in [0.3, 0.4) is 0 Å². The van der Waals surface area contributed by atoms with Gasteiger partial charge in [0.1, 0.15) is 0 Å². The number of rotatable bonds is 1. The fraction of sp³-hybridized carbons (Fsp3) is 1.00. The highest BCUT2D eigenvalue weighted by Crippen LogP contribution is 2.83. The summed E-state index contributed by atoms with van der Waals surface area (Å²) in [6.07, 6.45) is 4.43. The molecule has 3 aliphatic carbocycles. The van der Waals surface area contributed by atoms with Crippen LogP contribution in [0.5, 0.6) is 0 Å². The van der Waals surface area contributed by atoms with Crippen molar-refractivity contribution in [2.24, 2.45) is 34.8 Å². The van der Waals surface area contributed by atoms with Crippen molar-refractivity contribution in [3.05, 3.63) is 0 Å². The van der Waals surface area contributed by atoms with Gasteiger partial charge in [-0.25, -0.2) is 0 Å². The summed E-state index contributed by atoms with van der Waals surface area (Å²) in [5.41, 5.74) is 7.19. The molecule has 1 heterocycles. The molecule has 0 radical (unpaired) electrons. The summed E-state index contributed by atoms with van der Waals surface area (Å²) in [4.78, 5) is 0. The Labute approximate surface area is 97.9 Å². The van der Waals surface area contributed by atoms with Crippen molar-refractivity contribution in [2.45, 2.75) is 57.8 Å². The molecule has 0 aromatic heterocycles. The topological polar surface area (TPSA) is 38.5 Å². The van der Waals surface area contributed by atoms with Gasteiger partial charge in [-0.05, 0) is 49.4 Å². The summed E-state index contributed by atoms with van der Waals surface area (Å²) in [5.74, 6) is 3.42. The maximum atomic E-state index is 6.44.